The van der Waals surface area contributed by atoms with Crippen LogP contribution in [0.1, 0.15) is 39.3 Å². The summed E-state index contributed by atoms with van der Waals surface area (Å²) >= 11 is 0. The second-order valence-corrected chi connectivity index (χ2v) is 5.04. The number of hydrogen-bond donors (Lipinski definition) is 1. The molecule has 1 amide bonds. The first kappa shape index (κ1) is 13.3. The molecule has 5 nitrogen and oxygen atoms in total. The van der Waals surface area contributed by atoms with Gasteiger partial charge in [0, 0.05) is 23.4 Å². The average molecular weight is 282 g/mol. The zero-order valence-electron chi connectivity index (χ0n) is 11.3. The van der Waals surface area contributed by atoms with Gasteiger partial charge in [-0.25, -0.2) is 0 Å². The van der Waals surface area contributed by atoms with E-state index in [9.17, 15) is 14.4 Å². The first-order valence-electron chi connectivity index (χ1n) is 6.77. The van der Waals surface area contributed by atoms with Crippen LogP contribution in [0.15, 0.2) is 41.2 Å². The Hall–Kier alpha value is -2.69. The predicted octanol–water partition coefficient (Wildman–Crippen LogP) is 1.46. The second kappa shape index (κ2) is 5.01. The summed E-state index contributed by atoms with van der Waals surface area (Å²) in [5.74, 6) is -0.866. The van der Waals surface area contributed by atoms with Crippen molar-refractivity contribution in [3.63, 3.8) is 0 Å². The molecule has 1 aromatic heterocycles. The van der Waals surface area contributed by atoms with Crippen LogP contribution in [0.4, 0.5) is 0 Å². The SMILES string of the molecule is NC(=O)c1cc2c(n(-c3ccccc3)c1=O)CCCC2=O. The summed E-state index contributed by atoms with van der Waals surface area (Å²) in [5, 5.41) is 0. The zero-order valence-corrected chi connectivity index (χ0v) is 11.3. The molecule has 0 saturated heterocycles. The number of nitrogens with two attached hydrogens (primary N) is 1. The van der Waals surface area contributed by atoms with Crippen molar-refractivity contribution in [1.82, 2.24) is 4.57 Å². The number of primary amides is 1. The number of pyridine rings is 1. The lowest BCUT2D eigenvalue weighted by Crippen LogP contribution is -2.33. The van der Waals surface area contributed by atoms with E-state index in [-0.39, 0.29) is 11.3 Å². The molecule has 1 aromatic carbocycles. The largest absolute Gasteiger partial charge is 0.365 e. The molecule has 0 radical (unpaired) electrons. The van der Waals surface area contributed by atoms with Gasteiger partial charge in [0.15, 0.2) is 5.78 Å². The van der Waals surface area contributed by atoms with Crippen LogP contribution >= 0.6 is 0 Å². The van der Waals surface area contributed by atoms with Crippen LogP contribution in [-0.4, -0.2) is 16.3 Å². The minimum atomic E-state index is -0.814. The minimum absolute atomic E-state index is 0.0524. The third kappa shape index (κ3) is 2.16. The van der Waals surface area contributed by atoms with Gasteiger partial charge < -0.3 is 5.73 Å². The summed E-state index contributed by atoms with van der Waals surface area (Å²) in [6, 6.07) is 10.3. The molecule has 1 aliphatic carbocycles. The maximum atomic E-state index is 12.5. The van der Waals surface area contributed by atoms with E-state index in [1.165, 1.54) is 10.6 Å². The van der Waals surface area contributed by atoms with Crippen LogP contribution in [0.2, 0.25) is 0 Å². The average Bonchev–Trinajstić information content (AvgIpc) is 2.47. The normalized spacial score (nSPS) is 13.8. The molecular formula is C16H14N2O3. The Bertz CT molecular complexity index is 791. The Labute approximate surface area is 121 Å². The van der Waals surface area contributed by atoms with Crippen molar-refractivity contribution < 1.29 is 9.59 Å². The molecule has 5 heteroatoms. The Kier molecular flexibility index (Phi) is 3.17. The lowest BCUT2D eigenvalue weighted by atomic mass is 9.93. The van der Waals surface area contributed by atoms with Crippen LogP contribution < -0.4 is 11.3 Å². The van der Waals surface area contributed by atoms with Crippen molar-refractivity contribution in [3.05, 3.63) is 63.6 Å². The molecule has 3 rings (SSSR count). The number of carbonyl (C=O) groups excluding carboxylic acids is 2. The van der Waals surface area contributed by atoms with E-state index in [4.69, 9.17) is 5.73 Å². The van der Waals surface area contributed by atoms with Crippen molar-refractivity contribution in [1.29, 1.82) is 0 Å². The van der Waals surface area contributed by atoms with Gasteiger partial charge in [-0.1, -0.05) is 18.2 Å². The number of hydrogen-bond acceptors (Lipinski definition) is 3. The summed E-state index contributed by atoms with van der Waals surface area (Å²) in [7, 11) is 0. The number of fused-ring (bicyclic) bond motifs is 1. The van der Waals surface area contributed by atoms with Crippen LogP contribution in [0.25, 0.3) is 5.69 Å². The maximum Gasteiger partial charge on any atom is 0.268 e. The van der Waals surface area contributed by atoms with Gasteiger partial charge in [-0.15, -0.1) is 0 Å². The molecule has 0 spiro atoms. The van der Waals surface area contributed by atoms with E-state index in [1.807, 2.05) is 6.07 Å². The van der Waals surface area contributed by atoms with Gasteiger partial charge in [0.05, 0.1) is 0 Å². The number of amides is 1. The molecule has 0 unspecified atom stereocenters. The Morgan fingerprint density at radius 1 is 1.10 bits per heavy atom. The molecule has 0 fully saturated rings. The number of rotatable bonds is 2. The number of aromatic nitrogens is 1. The molecular weight excluding hydrogens is 268 g/mol. The Morgan fingerprint density at radius 2 is 1.81 bits per heavy atom. The number of carbonyl (C=O) groups is 2. The molecule has 1 aliphatic rings. The van der Waals surface area contributed by atoms with Crippen molar-refractivity contribution in [2.75, 3.05) is 0 Å². The molecule has 2 N–H and O–H groups in total. The fourth-order valence-corrected chi connectivity index (χ4v) is 2.72. The highest BCUT2D eigenvalue weighted by Crippen LogP contribution is 2.23. The molecule has 21 heavy (non-hydrogen) atoms. The first-order chi connectivity index (χ1) is 10.1. The van der Waals surface area contributed by atoms with E-state index in [2.05, 4.69) is 0 Å². The van der Waals surface area contributed by atoms with Gasteiger partial charge in [-0.2, -0.15) is 0 Å². The molecule has 106 valence electrons. The Morgan fingerprint density at radius 3 is 2.48 bits per heavy atom. The Balaban J connectivity index is 2.39. The van der Waals surface area contributed by atoms with Gasteiger partial charge in [-0.05, 0) is 31.0 Å². The molecule has 0 aliphatic heterocycles. The highest BCUT2D eigenvalue weighted by Gasteiger charge is 2.25. The zero-order chi connectivity index (χ0) is 15.0. The minimum Gasteiger partial charge on any atom is -0.365 e. The molecule has 0 atom stereocenters. The summed E-state index contributed by atoms with van der Waals surface area (Å²) < 4.78 is 1.44. The molecule has 2 aromatic rings. The first-order valence-corrected chi connectivity index (χ1v) is 6.77. The van der Waals surface area contributed by atoms with Gasteiger partial charge in [0.2, 0.25) is 0 Å². The van der Waals surface area contributed by atoms with Crippen LogP contribution in [0.5, 0.6) is 0 Å². The lowest BCUT2D eigenvalue weighted by molar-refractivity contribution is 0.0971. The standard InChI is InChI=1S/C16H14N2O3/c17-15(20)12-9-11-13(7-4-8-14(11)19)18(16(12)21)10-5-2-1-3-6-10/h1-3,5-6,9H,4,7-8H2,(H2,17,20). The van der Waals surface area contributed by atoms with Crippen molar-refractivity contribution >= 4 is 11.7 Å². The highest BCUT2D eigenvalue weighted by atomic mass is 16.2. The third-order valence-corrected chi connectivity index (χ3v) is 3.70. The lowest BCUT2D eigenvalue weighted by Gasteiger charge is -2.21. The fourth-order valence-electron chi connectivity index (χ4n) is 2.72. The van der Waals surface area contributed by atoms with E-state index in [0.717, 1.165) is 0 Å². The number of benzene rings is 1. The maximum absolute atomic E-state index is 12.5. The van der Waals surface area contributed by atoms with Crippen molar-refractivity contribution in [2.45, 2.75) is 19.3 Å². The van der Waals surface area contributed by atoms with E-state index >= 15 is 0 Å². The highest BCUT2D eigenvalue weighted by molar-refractivity contribution is 6.01. The van der Waals surface area contributed by atoms with Crippen molar-refractivity contribution in [2.24, 2.45) is 5.73 Å². The van der Waals surface area contributed by atoms with Crippen molar-refractivity contribution in [3.8, 4) is 5.69 Å². The second-order valence-electron chi connectivity index (χ2n) is 5.04. The molecule has 1 heterocycles. The summed E-state index contributed by atoms with van der Waals surface area (Å²) in [6.45, 7) is 0. The third-order valence-electron chi connectivity index (χ3n) is 3.70. The summed E-state index contributed by atoms with van der Waals surface area (Å²) in [4.78, 5) is 36.1. The predicted molar refractivity (Wildman–Crippen MR) is 77.8 cm³/mol. The van der Waals surface area contributed by atoms with E-state index in [1.54, 1.807) is 24.3 Å². The van der Waals surface area contributed by atoms with E-state index in [0.29, 0.717) is 36.2 Å². The van der Waals surface area contributed by atoms with Gasteiger partial charge in [-0.3, -0.25) is 19.0 Å². The monoisotopic (exact) mass is 282 g/mol. The molecule has 0 bridgehead atoms. The van der Waals surface area contributed by atoms with Crippen LogP contribution in [-0.2, 0) is 6.42 Å². The number of Topliss-reactive ketones (excluding diaryl/α,β-unsaturated/α-hetero) is 1. The van der Waals surface area contributed by atoms with Gasteiger partial charge in [0.25, 0.3) is 11.5 Å². The van der Waals surface area contributed by atoms with E-state index < -0.39 is 11.5 Å². The van der Waals surface area contributed by atoms with Gasteiger partial charge in [0.1, 0.15) is 5.56 Å². The van der Waals surface area contributed by atoms with Gasteiger partial charge >= 0.3 is 0 Å². The number of ketones is 1. The fraction of sp³-hybridized carbons (Fsp3) is 0.188. The number of para-hydroxylation sites is 1. The smallest absolute Gasteiger partial charge is 0.268 e. The molecule has 0 saturated carbocycles. The quantitative estimate of drug-likeness (QED) is 0.905. The van der Waals surface area contributed by atoms with Crippen LogP contribution in [0, 0.1) is 0 Å². The number of nitrogens with zero attached hydrogens (tertiary/aromatic N) is 1. The topological polar surface area (TPSA) is 82.2 Å². The summed E-state index contributed by atoms with van der Waals surface area (Å²) in [5.41, 5.74) is 6.39. The van der Waals surface area contributed by atoms with Crippen LogP contribution in [0.3, 0.4) is 0 Å². The summed E-state index contributed by atoms with van der Waals surface area (Å²) in [6.07, 6.45) is 1.76.